The quantitative estimate of drug-likeness (QED) is 0.850. The predicted octanol–water partition coefficient (Wildman–Crippen LogP) is 2.10. The molecular formula is C15H27NO3. The number of aliphatic hydroxyl groups is 1. The largest absolute Gasteiger partial charge is 0.391 e. The molecule has 1 heterocycles. The summed E-state index contributed by atoms with van der Waals surface area (Å²) in [6, 6.07) is 0.0218. The minimum atomic E-state index is -0.339. The molecule has 1 amide bonds. The molecule has 3 unspecified atom stereocenters. The highest BCUT2D eigenvalue weighted by Gasteiger charge is 2.29. The van der Waals surface area contributed by atoms with Gasteiger partial charge in [0.25, 0.3) is 0 Å². The number of rotatable bonds is 4. The highest BCUT2D eigenvalue weighted by Crippen LogP contribution is 2.24. The third-order valence-electron chi connectivity index (χ3n) is 4.54. The molecule has 1 N–H and O–H groups in total. The number of carbonyl (C=O) groups excluding carboxylic acids is 1. The van der Waals surface area contributed by atoms with Gasteiger partial charge in [-0.1, -0.05) is 12.8 Å². The number of ether oxygens (including phenoxy) is 1. The average molecular weight is 269 g/mol. The molecule has 1 saturated carbocycles. The van der Waals surface area contributed by atoms with E-state index in [1.54, 1.807) is 4.90 Å². The minimum absolute atomic E-state index is 0.0218. The SMILES string of the molecule is CN(C(=O)CCC1CCCCO1)C1CCCCC1O. The van der Waals surface area contributed by atoms with Gasteiger partial charge in [0.1, 0.15) is 0 Å². The van der Waals surface area contributed by atoms with Gasteiger partial charge in [0.2, 0.25) is 5.91 Å². The molecule has 0 radical (unpaired) electrons. The molecule has 3 atom stereocenters. The van der Waals surface area contributed by atoms with Crippen molar-refractivity contribution in [2.75, 3.05) is 13.7 Å². The van der Waals surface area contributed by atoms with Crippen LogP contribution in [0.2, 0.25) is 0 Å². The Morgan fingerprint density at radius 2 is 1.95 bits per heavy atom. The van der Waals surface area contributed by atoms with Crippen molar-refractivity contribution in [3.8, 4) is 0 Å². The van der Waals surface area contributed by atoms with E-state index in [9.17, 15) is 9.90 Å². The molecule has 4 nitrogen and oxygen atoms in total. The van der Waals surface area contributed by atoms with E-state index in [0.717, 1.165) is 51.6 Å². The van der Waals surface area contributed by atoms with Crippen LogP contribution < -0.4 is 0 Å². The van der Waals surface area contributed by atoms with Crippen LogP contribution in [-0.4, -0.2) is 47.8 Å². The van der Waals surface area contributed by atoms with Crippen molar-refractivity contribution in [2.45, 2.75) is 76.0 Å². The van der Waals surface area contributed by atoms with Crippen LogP contribution >= 0.6 is 0 Å². The van der Waals surface area contributed by atoms with Gasteiger partial charge in [-0.05, 0) is 38.5 Å². The summed E-state index contributed by atoms with van der Waals surface area (Å²) in [5.74, 6) is 0.153. The highest BCUT2D eigenvalue weighted by atomic mass is 16.5. The van der Waals surface area contributed by atoms with E-state index in [0.29, 0.717) is 6.42 Å². The fourth-order valence-electron chi connectivity index (χ4n) is 3.22. The fourth-order valence-corrected chi connectivity index (χ4v) is 3.22. The van der Waals surface area contributed by atoms with Crippen molar-refractivity contribution < 1.29 is 14.6 Å². The van der Waals surface area contributed by atoms with Crippen LogP contribution in [0.25, 0.3) is 0 Å². The summed E-state index contributed by atoms with van der Waals surface area (Å²) in [6.45, 7) is 0.843. The summed E-state index contributed by atoms with van der Waals surface area (Å²) >= 11 is 0. The van der Waals surface area contributed by atoms with E-state index >= 15 is 0 Å². The van der Waals surface area contributed by atoms with Gasteiger partial charge in [-0.25, -0.2) is 0 Å². The van der Waals surface area contributed by atoms with Gasteiger partial charge in [-0.2, -0.15) is 0 Å². The Bertz CT molecular complexity index is 289. The topological polar surface area (TPSA) is 49.8 Å². The third kappa shape index (κ3) is 4.18. The van der Waals surface area contributed by atoms with Crippen LogP contribution in [0, 0.1) is 0 Å². The number of nitrogens with zero attached hydrogens (tertiary/aromatic N) is 1. The van der Waals surface area contributed by atoms with Gasteiger partial charge in [0.15, 0.2) is 0 Å². The normalized spacial score (nSPS) is 32.0. The van der Waals surface area contributed by atoms with Gasteiger partial charge in [-0.3, -0.25) is 4.79 Å². The Morgan fingerprint density at radius 3 is 2.63 bits per heavy atom. The summed E-state index contributed by atoms with van der Waals surface area (Å²) in [5.41, 5.74) is 0. The zero-order valence-corrected chi connectivity index (χ0v) is 12.0. The molecule has 19 heavy (non-hydrogen) atoms. The molecule has 1 saturated heterocycles. The van der Waals surface area contributed by atoms with Gasteiger partial charge in [0, 0.05) is 20.1 Å². The zero-order chi connectivity index (χ0) is 13.7. The fraction of sp³-hybridized carbons (Fsp3) is 0.933. The second-order valence-corrected chi connectivity index (χ2v) is 5.95. The third-order valence-corrected chi connectivity index (χ3v) is 4.54. The first-order valence-electron chi connectivity index (χ1n) is 7.74. The van der Waals surface area contributed by atoms with Crippen molar-refractivity contribution in [2.24, 2.45) is 0 Å². The zero-order valence-electron chi connectivity index (χ0n) is 12.0. The van der Waals surface area contributed by atoms with Crippen LogP contribution in [0.5, 0.6) is 0 Å². The number of amides is 1. The molecule has 0 aromatic rings. The summed E-state index contributed by atoms with van der Waals surface area (Å²) in [6.07, 6.45) is 8.71. The summed E-state index contributed by atoms with van der Waals surface area (Å²) in [5, 5.41) is 9.99. The number of carbonyl (C=O) groups is 1. The van der Waals surface area contributed by atoms with E-state index in [1.165, 1.54) is 6.42 Å². The van der Waals surface area contributed by atoms with E-state index < -0.39 is 0 Å². The molecule has 4 heteroatoms. The van der Waals surface area contributed by atoms with Crippen molar-refractivity contribution in [3.63, 3.8) is 0 Å². The number of aliphatic hydroxyl groups excluding tert-OH is 1. The van der Waals surface area contributed by atoms with Gasteiger partial charge in [-0.15, -0.1) is 0 Å². The lowest BCUT2D eigenvalue weighted by Crippen LogP contribution is -2.46. The molecule has 0 bridgehead atoms. The Hall–Kier alpha value is -0.610. The Labute approximate surface area is 116 Å². The monoisotopic (exact) mass is 269 g/mol. The first-order valence-corrected chi connectivity index (χ1v) is 7.74. The standard InChI is InChI=1S/C15H27NO3/c1-16(13-7-2-3-8-14(13)17)15(18)10-9-12-6-4-5-11-19-12/h12-14,17H,2-11H2,1H3. The summed E-state index contributed by atoms with van der Waals surface area (Å²) < 4.78 is 5.65. The number of hydrogen-bond acceptors (Lipinski definition) is 3. The van der Waals surface area contributed by atoms with Crippen LogP contribution in [-0.2, 0) is 9.53 Å². The second-order valence-electron chi connectivity index (χ2n) is 5.95. The van der Waals surface area contributed by atoms with Crippen molar-refractivity contribution >= 4 is 5.91 Å². The van der Waals surface area contributed by atoms with E-state index in [2.05, 4.69) is 0 Å². The molecule has 2 fully saturated rings. The summed E-state index contributed by atoms with van der Waals surface area (Å²) in [7, 11) is 1.84. The van der Waals surface area contributed by atoms with Gasteiger partial charge >= 0.3 is 0 Å². The molecular weight excluding hydrogens is 242 g/mol. The van der Waals surface area contributed by atoms with Gasteiger partial charge in [0.05, 0.1) is 18.2 Å². The smallest absolute Gasteiger partial charge is 0.222 e. The molecule has 2 aliphatic rings. The Morgan fingerprint density at radius 1 is 1.21 bits per heavy atom. The molecule has 110 valence electrons. The lowest BCUT2D eigenvalue weighted by atomic mass is 9.91. The first-order chi connectivity index (χ1) is 9.18. The van der Waals surface area contributed by atoms with Crippen LogP contribution in [0.1, 0.15) is 57.8 Å². The maximum atomic E-state index is 12.2. The molecule has 1 aliphatic carbocycles. The predicted molar refractivity (Wildman–Crippen MR) is 73.9 cm³/mol. The van der Waals surface area contributed by atoms with E-state index in [1.807, 2.05) is 7.05 Å². The first kappa shape index (κ1) is 14.8. The maximum absolute atomic E-state index is 12.2. The minimum Gasteiger partial charge on any atom is -0.391 e. The van der Waals surface area contributed by atoms with Crippen LogP contribution in [0.4, 0.5) is 0 Å². The van der Waals surface area contributed by atoms with Gasteiger partial charge < -0.3 is 14.7 Å². The lowest BCUT2D eigenvalue weighted by molar-refractivity contribution is -0.136. The average Bonchev–Trinajstić information content (AvgIpc) is 2.45. The molecule has 0 spiro atoms. The van der Waals surface area contributed by atoms with Crippen LogP contribution in [0.15, 0.2) is 0 Å². The van der Waals surface area contributed by atoms with Crippen molar-refractivity contribution in [1.29, 1.82) is 0 Å². The number of likely N-dealkylation sites (N-methyl/N-ethyl adjacent to an activating group) is 1. The summed E-state index contributed by atoms with van der Waals surface area (Å²) in [4.78, 5) is 14.0. The Kier molecular flexibility index (Phi) is 5.64. The van der Waals surface area contributed by atoms with E-state index in [-0.39, 0.29) is 24.2 Å². The maximum Gasteiger partial charge on any atom is 0.222 e. The van der Waals surface area contributed by atoms with Crippen molar-refractivity contribution in [1.82, 2.24) is 4.90 Å². The lowest BCUT2D eigenvalue weighted by Gasteiger charge is -2.35. The molecule has 0 aromatic heterocycles. The van der Waals surface area contributed by atoms with Crippen molar-refractivity contribution in [3.05, 3.63) is 0 Å². The molecule has 2 rings (SSSR count). The molecule has 0 aromatic carbocycles. The highest BCUT2D eigenvalue weighted by molar-refractivity contribution is 5.76. The number of hydrogen-bond donors (Lipinski definition) is 1. The molecule has 1 aliphatic heterocycles. The second kappa shape index (κ2) is 7.25. The van der Waals surface area contributed by atoms with E-state index in [4.69, 9.17) is 4.74 Å². The van der Waals surface area contributed by atoms with Crippen LogP contribution in [0.3, 0.4) is 0 Å². The Balaban J connectivity index is 1.74.